The highest BCUT2D eigenvalue weighted by atomic mass is 32.2. The number of carbonyl (C=O) groups is 1. The van der Waals surface area contributed by atoms with Crippen molar-refractivity contribution >= 4 is 27.7 Å². The van der Waals surface area contributed by atoms with Gasteiger partial charge >= 0.3 is 0 Å². The molecule has 0 heterocycles. The molecule has 2 aromatic carbocycles. The predicted octanol–water partition coefficient (Wildman–Crippen LogP) is 4.02. The van der Waals surface area contributed by atoms with Gasteiger partial charge in [-0.15, -0.1) is 0 Å². The zero-order chi connectivity index (χ0) is 22.3. The first-order valence-corrected chi connectivity index (χ1v) is 13.7. The molecule has 1 saturated carbocycles. The molecule has 0 aliphatic heterocycles. The summed E-state index contributed by atoms with van der Waals surface area (Å²) >= 11 is 1.60. The zero-order valence-corrected chi connectivity index (χ0v) is 19.9. The van der Waals surface area contributed by atoms with Crippen molar-refractivity contribution < 1.29 is 13.2 Å². The highest BCUT2D eigenvalue weighted by molar-refractivity contribution is 7.98. The molecular formula is C24H32N2O3S2. The Morgan fingerprint density at radius 2 is 1.71 bits per heavy atom. The van der Waals surface area contributed by atoms with Crippen LogP contribution in [0.3, 0.4) is 0 Å². The maximum absolute atomic E-state index is 13.1. The fraction of sp³-hybridized carbons (Fsp3) is 0.458. The fourth-order valence-electron chi connectivity index (χ4n) is 4.24. The number of thioether (sulfide) groups is 1. The molecule has 1 aliphatic carbocycles. The van der Waals surface area contributed by atoms with Gasteiger partial charge in [-0.3, -0.25) is 4.79 Å². The molecule has 0 spiro atoms. The van der Waals surface area contributed by atoms with Gasteiger partial charge in [-0.2, -0.15) is 16.5 Å². The van der Waals surface area contributed by atoms with Crippen molar-refractivity contribution in [2.45, 2.75) is 55.4 Å². The minimum atomic E-state index is -3.78. The molecule has 168 valence electrons. The lowest BCUT2D eigenvalue weighted by Crippen LogP contribution is -2.50. The number of sulfonamides is 1. The van der Waals surface area contributed by atoms with Crippen LogP contribution in [0.1, 0.15) is 43.2 Å². The lowest BCUT2D eigenvalue weighted by Gasteiger charge is -2.31. The van der Waals surface area contributed by atoms with E-state index >= 15 is 0 Å². The molecule has 31 heavy (non-hydrogen) atoms. The molecule has 1 aliphatic rings. The molecule has 7 heteroatoms. The van der Waals surface area contributed by atoms with E-state index in [4.69, 9.17) is 0 Å². The van der Waals surface area contributed by atoms with Crippen LogP contribution in [-0.2, 0) is 20.2 Å². The number of amides is 1. The zero-order valence-electron chi connectivity index (χ0n) is 18.3. The van der Waals surface area contributed by atoms with Gasteiger partial charge in [-0.1, -0.05) is 60.9 Å². The highest BCUT2D eigenvalue weighted by Crippen LogP contribution is 2.40. The smallest absolute Gasteiger partial charge is 0.241 e. The van der Waals surface area contributed by atoms with Gasteiger partial charge in [0.05, 0.1) is 4.90 Å². The molecule has 1 fully saturated rings. The summed E-state index contributed by atoms with van der Waals surface area (Å²) in [6.45, 7) is 2.43. The number of nitrogens with one attached hydrogen (secondary N) is 2. The Morgan fingerprint density at radius 3 is 2.32 bits per heavy atom. The Kier molecular flexibility index (Phi) is 8.19. The second-order valence-electron chi connectivity index (χ2n) is 8.34. The van der Waals surface area contributed by atoms with Gasteiger partial charge < -0.3 is 5.32 Å². The summed E-state index contributed by atoms with van der Waals surface area (Å²) in [5, 5.41) is 3.08. The molecule has 0 bridgehead atoms. The van der Waals surface area contributed by atoms with Crippen molar-refractivity contribution in [2.75, 3.05) is 18.6 Å². The number of benzene rings is 2. The van der Waals surface area contributed by atoms with E-state index in [-0.39, 0.29) is 16.2 Å². The molecule has 1 amide bonds. The third kappa shape index (κ3) is 6.11. The van der Waals surface area contributed by atoms with Crippen LogP contribution in [0.25, 0.3) is 0 Å². The Morgan fingerprint density at radius 1 is 1.06 bits per heavy atom. The van der Waals surface area contributed by atoms with Crippen LogP contribution in [0.5, 0.6) is 0 Å². The van der Waals surface area contributed by atoms with E-state index in [0.29, 0.717) is 18.7 Å². The molecule has 0 aromatic heterocycles. The van der Waals surface area contributed by atoms with Crippen molar-refractivity contribution in [3.05, 3.63) is 65.7 Å². The Balaban J connectivity index is 1.73. The number of hydrogen-bond donors (Lipinski definition) is 2. The van der Waals surface area contributed by atoms with E-state index in [1.807, 2.05) is 31.4 Å². The molecule has 1 unspecified atom stereocenters. The number of hydrogen-bond acceptors (Lipinski definition) is 4. The average molecular weight is 461 g/mol. The van der Waals surface area contributed by atoms with Crippen LogP contribution in [0.4, 0.5) is 0 Å². The highest BCUT2D eigenvalue weighted by Gasteiger charge is 2.36. The van der Waals surface area contributed by atoms with E-state index in [0.717, 1.165) is 31.2 Å². The Labute approximate surface area is 190 Å². The molecule has 1 atom stereocenters. The fourth-order valence-corrected chi connectivity index (χ4v) is 5.94. The second-order valence-corrected chi connectivity index (χ2v) is 11.0. The Bertz CT molecular complexity index is 954. The maximum Gasteiger partial charge on any atom is 0.241 e. The first-order chi connectivity index (χ1) is 14.9. The van der Waals surface area contributed by atoms with Crippen molar-refractivity contribution in [1.82, 2.24) is 10.0 Å². The second kappa shape index (κ2) is 10.7. The van der Waals surface area contributed by atoms with Gasteiger partial charge in [0.25, 0.3) is 0 Å². The molecular weight excluding hydrogens is 428 g/mol. The topological polar surface area (TPSA) is 75.3 Å². The monoisotopic (exact) mass is 460 g/mol. The number of rotatable bonds is 10. The molecule has 2 aromatic rings. The van der Waals surface area contributed by atoms with E-state index in [1.165, 1.54) is 5.56 Å². The number of aryl methyl sites for hydroxylation is 1. The van der Waals surface area contributed by atoms with Gasteiger partial charge in [0, 0.05) is 12.0 Å². The standard InChI is InChI=1S/C24H32N2O3S2/c1-19-10-12-21(13-11-19)31(28,29)26-22(14-17-30-2)23(27)25-18-24(15-6-7-16-24)20-8-4-3-5-9-20/h3-5,8-13,22,26H,6-7,14-18H2,1-2H3,(H,25,27). The van der Waals surface area contributed by atoms with E-state index in [1.54, 1.807) is 36.0 Å². The van der Waals surface area contributed by atoms with Gasteiger partial charge in [-0.05, 0) is 55.9 Å². The van der Waals surface area contributed by atoms with Crippen molar-refractivity contribution in [1.29, 1.82) is 0 Å². The largest absolute Gasteiger partial charge is 0.354 e. The maximum atomic E-state index is 13.1. The lowest BCUT2D eigenvalue weighted by atomic mass is 9.79. The summed E-state index contributed by atoms with van der Waals surface area (Å²) in [6, 6.07) is 16.2. The predicted molar refractivity (Wildman–Crippen MR) is 128 cm³/mol. The van der Waals surface area contributed by atoms with Crippen LogP contribution >= 0.6 is 11.8 Å². The third-order valence-electron chi connectivity index (χ3n) is 6.10. The van der Waals surface area contributed by atoms with E-state index in [2.05, 4.69) is 22.2 Å². The van der Waals surface area contributed by atoms with Crippen LogP contribution in [-0.4, -0.2) is 38.9 Å². The summed E-state index contributed by atoms with van der Waals surface area (Å²) < 4.78 is 28.4. The van der Waals surface area contributed by atoms with Gasteiger partial charge in [0.2, 0.25) is 15.9 Å². The summed E-state index contributed by atoms with van der Waals surface area (Å²) in [6.07, 6.45) is 6.73. The van der Waals surface area contributed by atoms with Crippen molar-refractivity contribution in [3.63, 3.8) is 0 Å². The summed E-state index contributed by atoms with van der Waals surface area (Å²) in [5.74, 6) is 0.435. The van der Waals surface area contributed by atoms with Crippen LogP contribution < -0.4 is 10.0 Å². The molecule has 5 nitrogen and oxygen atoms in total. The first kappa shape index (κ1) is 23.8. The van der Waals surface area contributed by atoms with Crippen LogP contribution in [0.15, 0.2) is 59.5 Å². The van der Waals surface area contributed by atoms with Gasteiger partial charge in [0.1, 0.15) is 6.04 Å². The van der Waals surface area contributed by atoms with Gasteiger partial charge in [-0.25, -0.2) is 8.42 Å². The number of carbonyl (C=O) groups excluding carboxylic acids is 1. The van der Waals surface area contributed by atoms with E-state index in [9.17, 15) is 13.2 Å². The SMILES string of the molecule is CSCCC(NS(=O)(=O)c1ccc(C)cc1)C(=O)NCC1(c2ccccc2)CCCC1. The quantitative estimate of drug-likeness (QED) is 0.561. The molecule has 0 saturated heterocycles. The third-order valence-corrected chi connectivity index (χ3v) is 8.24. The molecule has 3 rings (SSSR count). The summed E-state index contributed by atoms with van der Waals surface area (Å²) in [5.41, 5.74) is 2.16. The van der Waals surface area contributed by atoms with Gasteiger partial charge in [0.15, 0.2) is 0 Å². The van der Waals surface area contributed by atoms with Crippen molar-refractivity contribution in [2.24, 2.45) is 0 Å². The molecule has 0 radical (unpaired) electrons. The average Bonchev–Trinajstić information content (AvgIpc) is 3.26. The minimum Gasteiger partial charge on any atom is -0.354 e. The first-order valence-electron chi connectivity index (χ1n) is 10.8. The van der Waals surface area contributed by atoms with Crippen molar-refractivity contribution in [3.8, 4) is 0 Å². The normalized spacial score (nSPS) is 16.7. The minimum absolute atomic E-state index is 0.0726. The Hall–Kier alpha value is -1.83. The van der Waals surface area contributed by atoms with Crippen LogP contribution in [0, 0.1) is 6.92 Å². The summed E-state index contributed by atoms with van der Waals surface area (Å²) in [7, 11) is -3.78. The van der Waals surface area contributed by atoms with E-state index < -0.39 is 16.1 Å². The molecule has 2 N–H and O–H groups in total. The lowest BCUT2D eigenvalue weighted by molar-refractivity contribution is -0.123. The van der Waals surface area contributed by atoms with Crippen LogP contribution in [0.2, 0.25) is 0 Å². The summed E-state index contributed by atoms with van der Waals surface area (Å²) in [4.78, 5) is 13.3.